The number of aryl methyl sites for hydroxylation is 2. The maximum Gasteiger partial charge on any atom is 0.255 e. The van der Waals surface area contributed by atoms with Crippen LogP contribution in [0.15, 0.2) is 72.8 Å². The Bertz CT molecular complexity index is 1450. The zero-order valence-electron chi connectivity index (χ0n) is 23.3. The van der Waals surface area contributed by atoms with Gasteiger partial charge in [0.1, 0.15) is 10.9 Å². The molecule has 2 aliphatic heterocycles. The predicted molar refractivity (Wildman–Crippen MR) is 157 cm³/mol. The summed E-state index contributed by atoms with van der Waals surface area (Å²) in [5.41, 5.74) is 5.39. The molecule has 0 spiro atoms. The number of likely N-dealkylation sites (tertiary alicyclic amines) is 1. The van der Waals surface area contributed by atoms with Gasteiger partial charge in [-0.1, -0.05) is 66.7 Å². The van der Waals surface area contributed by atoms with Gasteiger partial charge in [0.15, 0.2) is 6.10 Å². The second kappa shape index (κ2) is 11.1. The van der Waals surface area contributed by atoms with E-state index in [0.717, 1.165) is 27.8 Å². The van der Waals surface area contributed by atoms with Crippen molar-refractivity contribution < 1.29 is 19.5 Å². The van der Waals surface area contributed by atoms with Crippen LogP contribution in [-0.2, 0) is 22.6 Å². The molecule has 2 saturated heterocycles. The van der Waals surface area contributed by atoms with Gasteiger partial charge in [0.05, 0.1) is 11.9 Å². The van der Waals surface area contributed by atoms with Crippen molar-refractivity contribution in [1.29, 1.82) is 0 Å². The van der Waals surface area contributed by atoms with E-state index >= 15 is 0 Å². The number of hydrogen-bond donors (Lipinski definition) is 2. The van der Waals surface area contributed by atoms with Gasteiger partial charge in [0, 0.05) is 12.1 Å². The number of hydrogen-bond acceptors (Lipinski definition) is 5. The molecule has 3 aromatic rings. The normalized spacial score (nSPS) is 21.4. The molecule has 3 aromatic carbocycles. The Balaban J connectivity index is 1.35. The van der Waals surface area contributed by atoms with Crippen molar-refractivity contribution in [1.82, 2.24) is 15.1 Å². The standard InChI is InChI=1S/C32H35N3O4S/c1-20-12-10-16-25(22(20)3)29(37)33-26(17-23-13-6-5-7-14-23)27(36)30(38)34-19-40-32(4)28(34)31(39)35(32)18-24-15-9-8-11-21(24)2/h5-16,26-28,36H,17-19H2,1-4H3,(H,33,37)/t26-,27-,28?,32-/m0/s1. The lowest BCUT2D eigenvalue weighted by molar-refractivity contribution is -0.168. The zero-order valence-corrected chi connectivity index (χ0v) is 24.1. The molecule has 2 heterocycles. The number of aliphatic hydroxyl groups excluding tert-OH is 1. The number of rotatable bonds is 8. The van der Waals surface area contributed by atoms with E-state index in [2.05, 4.69) is 5.32 Å². The summed E-state index contributed by atoms with van der Waals surface area (Å²) >= 11 is 1.53. The van der Waals surface area contributed by atoms with Gasteiger partial charge in [-0.3, -0.25) is 14.4 Å². The molecule has 0 aromatic heterocycles. The summed E-state index contributed by atoms with van der Waals surface area (Å²) in [5, 5.41) is 14.3. The van der Waals surface area contributed by atoms with E-state index in [-0.39, 0.29) is 24.1 Å². The molecule has 3 amide bonds. The first kappa shape index (κ1) is 27.9. The number of nitrogens with one attached hydrogen (secondary N) is 1. The topological polar surface area (TPSA) is 90.0 Å². The molecule has 2 fully saturated rings. The van der Waals surface area contributed by atoms with Crippen molar-refractivity contribution in [2.45, 2.75) is 63.7 Å². The minimum Gasteiger partial charge on any atom is -0.381 e. The van der Waals surface area contributed by atoms with Crippen LogP contribution in [0.5, 0.6) is 0 Å². The van der Waals surface area contributed by atoms with Crippen LogP contribution >= 0.6 is 11.8 Å². The molecule has 7 nitrogen and oxygen atoms in total. The van der Waals surface area contributed by atoms with Gasteiger partial charge in [0.25, 0.3) is 11.8 Å². The predicted octanol–water partition coefficient (Wildman–Crippen LogP) is 3.97. The molecule has 8 heteroatoms. The third-order valence-electron chi connectivity index (χ3n) is 8.32. The number of β-lactam (4-membered cyclic amide) rings is 1. The summed E-state index contributed by atoms with van der Waals surface area (Å²) in [6.07, 6.45) is -1.25. The first-order valence-electron chi connectivity index (χ1n) is 13.5. The molecule has 0 bridgehead atoms. The van der Waals surface area contributed by atoms with E-state index in [1.807, 2.05) is 99.3 Å². The molecular weight excluding hydrogens is 522 g/mol. The summed E-state index contributed by atoms with van der Waals surface area (Å²) < 4.78 is 0. The monoisotopic (exact) mass is 557 g/mol. The van der Waals surface area contributed by atoms with Gasteiger partial charge in [-0.25, -0.2) is 0 Å². The highest BCUT2D eigenvalue weighted by Gasteiger charge is 2.65. The maximum atomic E-state index is 13.8. The number of nitrogens with zero attached hydrogens (tertiary/aromatic N) is 2. The van der Waals surface area contributed by atoms with Crippen molar-refractivity contribution in [3.63, 3.8) is 0 Å². The minimum absolute atomic E-state index is 0.129. The third-order valence-corrected chi connectivity index (χ3v) is 9.76. The van der Waals surface area contributed by atoms with Crippen molar-refractivity contribution in [3.05, 3.63) is 106 Å². The summed E-state index contributed by atoms with van der Waals surface area (Å²) in [4.78, 5) is 43.2. The number of fused-ring (bicyclic) bond motifs is 1. The molecule has 4 atom stereocenters. The Morgan fingerprint density at radius 3 is 2.40 bits per heavy atom. The lowest BCUT2D eigenvalue weighted by Gasteiger charge is -2.53. The van der Waals surface area contributed by atoms with Crippen molar-refractivity contribution in [2.24, 2.45) is 0 Å². The fraction of sp³-hybridized carbons (Fsp3) is 0.344. The summed E-state index contributed by atoms with van der Waals surface area (Å²) in [7, 11) is 0. The highest BCUT2D eigenvalue weighted by molar-refractivity contribution is 8.01. The van der Waals surface area contributed by atoms with Gasteiger partial charge >= 0.3 is 0 Å². The van der Waals surface area contributed by atoms with Crippen molar-refractivity contribution >= 4 is 29.5 Å². The number of aliphatic hydroxyl groups is 1. The lowest BCUT2D eigenvalue weighted by Crippen LogP contribution is -2.73. The summed E-state index contributed by atoms with van der Waals surface area (Å²) in [6, 6.07) is 21.4. The van der Waals surface area contributed by atoms with Crippen molar-refractivity contribution in [3.8, 4) is 0 Å². The molecule has 208 valence electrons. The van der Waals surface area contributed by atoms with Gasteiger partial charge < -0.3 is 20.2 Å². The third kappa shape index (κ3) is 5.02. The Labute approximate surface area is 239 Å². The molecule has 2 aliphatic rings. The van der Waals surface area contributed by atoms with E-state index in [4.69, 9.17) is 0 Å². The van der Waals surface area contributed by atoms with Crippen LogP contribution in [-0.4, -0.2) is 61.6 Å². The number of thioether (sulfide) groups is 1. The summed E-state index contributed by atoms with van der Waals surface area (Å²) in [6.45, 7) is 8.29. The highest BCUT2D eigenvalue weighted by atomic mass is 32.2. The van der Waals surface area contributed by atoms with Crippen LogP contribution in [0, 0.1) is 20.8 Å². The minimum atomic E-state index is -1.52. The van der Waals surface area contributed by atoms with Gasteiger partial charge in [-0.15, -0.1) is 11.8 Å². The number of amides is 3. The van der Waals surface area contributed by atoms with Gasteiger partial charge in [-0.2, -0.15) is 0 Å². The maximum absolute atomic E-state index is 13.8. The van der Waals surface area contributed by atoms with E-state index < -0.39 is 29.0 Å². The van der Waals surface area contributed by atoms with Crippen LogP contribution in [0.3, 0.4) is 0 Å². The van der Waals surface area contributed by atoms with Crippen LogP contribution in [0.4, 0.5) is 0 Å². The van der Waals surface area contributed by atoms with Gasteiger partial charge in [-0.05, 0) is 68.0 Å². The van der Waals surface area contributed by atoms with Gasteiger partial charge in [0.2, 0.25) is 5.91 Å². The van der Waals surface area contributed by atoms with Crippen LogP contribution < -0.4 is 5.32 Å². The Morgan fingerprint density at radius 1 is 1.00 bits per heavy atom. The molecule has 40 heavy (non-hydrogen) atoms. The van der Waals surface area contributed by atoms with E-state index in [1.54, 1.807) is 6.07 Å². The zero-order chi connectivity index (χ0) is 28.6. The Morgan fingerprint density at radius 2 is 1.68 bits per heavy atom. The first-order chi connectivity index (χ1) is 19.1. The number of benzene rings is 3. The average Bonchev–Trinajstić information content (AvgIpc) is 3.26. The fourth-order valence-corrected chi connectivity index (χ4v) is 6.98. The molecule has 5 rings (SSSR count). The van der Waals surface area contributed by atoms with Crippen LogP contribution in [0.1, 0.15) is 45.1 Å². The quantitative estimate of drug-likeness (QED) is 0.409. The Hall–Kier alpha value is -3.62. The molecule has 0 radical (unpaired) electrons. The van der Waals surface area contributed by atoms with Crippen LogP contribution in [0.25, 0.3) is 0 Å². The second-order valence-electron chi connectivity index (χ2n) is 10.9. The van der Waals surface area contributed by atoms with E-state index in [1.165, 1.54) is 16.7 Å². The molecular formula is C32H35N3O4S. The lowest BCUT2D eigenvalue weighted by atomic mass is 9.91. The van der Waals surface area contributed by atoms with Crippen molar-refractivity contribution in [2.75, 3.05) is 5.88 Å². The second-order valence-corrected chi connectivity index (χ2v) is 12.2. The average molecular weight is 558 g/mol. The van der Waals surface area contributed by atoms with E-state index in [9.17, 15) is 19.5 Å². The van der Waals surface area contributed by atoms with E-state index in [0.29, 0.717) is 12.1 Å². The molecule has 2 N–H and O–H groups in total. The first-order valence-corrected chi connectivity index (χ1v) is 14.5. The highest BCUT2D eigenvalue weighted by Crippen LogP contribution is 2.51. The largest absolute Gasteiger partial charge is 0.381 e. The Kier molecular flexibility index (Phi) is 7.75. The molecule has 1 unspecified atom stereocenters. The molecule has 0 aliphatic carbocycles. The number of carbonyl (C=O) groups is 3. The SMILES string of the molecule is Cc1ccccc1CN1C(=O)C2N(C(=O)[C@@H](O)[C@H](Cc3ccccc3)NC(=O)c3cccc(C)c3C)CS[C@@]21C. The molecule has 0 saturated carbocycles. The number of carbonyl (C=O) groups excluding carboxylic acids is 3. The van der Waals surface area contributed by atoms with Crippen LogP contribution in [0.2, 0.25) is 0 Å². The summed E-state index contributed by atoms with van der Waals surface area (Å²) in [5.74, 6) is -0.739. The fourth-order valence-electron chi connectivity index (χ4n) is 5.61. The smallest absolute Gasteiger partial charge is 0.255 e.